The number of hydrogen-bond donors (Lipinski definition) is 7. The average molecular weight is 473 g/mol. The van der Waals surface area contributed by atoms with Gasteiger partial charge in [-0.15, -0.1) is 27.7 Å². The van der Waals surface area contributed by atoms with E-state index < -0.39 is 0 Å². The van der Waals surface area contributed by atoms with Crippen LogP contribution in [0.25, 0.3) is 0 Å². The Morgan fingerprint density at radius 2 is 1.25 bits per heavy atom. The van der Waals surface area contributed by atoms with E-state index in [2.05, 4.69) is 36.1 Å². The van der Waals surface area contributed by atoms with Crippen LogP contribution in [0.2, 0.25) is 0 Å². The van der Waals surface area contributed by atoms with Gasteiger partial charge in [0.25, 0.3) is 5.95 Å². The number of halogens is 1. The third-order valence-electron chi connectivity index (χ3n) is 2.43. The van der Waals surface area contributed by atoms with Gasteiger partial charge in [-0.3, -0.25) is 4.79 Å². The molecule has 0 saturated carbocycles. The molecule has 2 heterocycles. The van der Waals surface area contributed by atoms with E-state index in [-0.39, 0.29) is 36.0 Å². The van der Waals surface area contributed by atoms with Crippen LogP contribution >= 0.6 is 12.4 Å². The molecule has 0 bridgehead atoms. The molecular weight excluding hydrogens is 448 g/mol. The van der Waals surface area contributed by atoms with Crippen LogP contribution in [0.4, 0.5) is 0 Å². The molecule has 0 aliphatic carbocycles. The van der Waals surface area contributed by atoms with E-state index in [4.69, 9.17) is 43.2 Å². The lowest BCUT2D eigenvalue weighted by molar-refractivity contribution is 0.109. The molecule has 14 N–H and O–H groups in total. The van der Waals surface area contributed by atoms with Crippen LogP contribution in [0.3, 0.4) is 0 Å². The Bertz CT molecular complexity index is 893. The number of hydrogen-bond acceptors (Lipinski definition) is 10. The van der Waals surface area contributed by atoms with Gasteiger partial charge in [0, 0.05) is 6.07 Å². The van der Waals surface area contributed by atoms with E-state index in [1.54, 1.807) is 24.3 Å². The highest BCUT2D eigenvalue weighted by Crippen LogP contribution is 2.12. The fourth-order valence-electron chi connectivity index (χ4n) is 1.32. The summed E-state index contributed by atoms with van der Waals surface area (Å²) in [6, 6.07) is 6.45. The molecule has 0 fully saturated rings. The lowest BCUT2D eigenvalue weighted by Gasteiger charge is -1.87. The minimum absolute atomic E-state index is 0. The van der Waals surface area contributed by atoms with Crippen molar-refractivity contribution in [2.24, 2.45) is 65.8 Å². The van der Waals surface area contributed by atoms with Crippen molar-refractivity contribution in [3.63, 3.8) is 0 Å². The molecule has 0 saturated heterocycles. The third-order valence-corrected chi connectivity index (χ3v) is 2.43. The predicted octanol–water partition coefficient (Wildman–Crippen LogP) is -1.85. The smallest absolute Gasteiger partial charge is 0.284 e. The van der Waals surface area contributed by atoms with Crippen molar-refractivity contribution >= 4 is 49.0 Å². The molecule has 0 aliphatic rings. The van der Waals surface area contributed by atoms with Crippen LogP contribution < -0.4 is 45.0 Å². The molecule has 2 aromatic heterocycles. The number of ether oxygens (including phenoxy) is 1. The minimum Gasteiger partial charge on any atom is -0.468 e. The maximum Gasteiger partial charge on any atom is 0.284 e. The van der Waals surface area contributed by atoms with Crippen LogP contribution in [0, 0.1) is 0 Å². The Morgan fingerprint density at radius 3 is 1.53 bits per heavy atom. The van der Waals surface area contributed by atoms with Crippen LogP contribution in [0.1, 0.15) is 22.1 Å². The number of nitrogens with zero attached hydrogens (tertiary/aromatic N) is 5. The molecular formula is C15H25ClN12O4. The number of nitrogens with two attached hydrogens (primary N) is 7. The Morgan fingerprint density at radius 1 is 0.812 bits per heavy atom. The average Bonchev–Trinajstić information content (AvgIpc) is 3.37. The quantitative estimate of drug-likeness (QED) is 0.0803. The summed E-state index contributed by atoms with van der Waals surface area (Å²) >= 11 is 0. The Kier molecular flexibility index (Phi) is 15.8. The van der Waals surface area contributed by atoms with Crippen LogP contribution in [-0.2, 0) is 0 Å². The Balaban J connectivity index is 0. The van der Waals surface area contributed by atoms with E-state index in [1.807, 2.05) is 0 Å². The van der Waals surface area contributed by atoms with Crippen LogP contribution in [-0.4, -0.2) is 43.7 Å². The van der Waals surface area contributed by atoms with Gasteiger partial charge in [-0.05, 0) is 18.2 Å². The van der Waals surface area contributed by atoms with Crippen molar-refractivity contribution < 1.29 is 18.4 Å². The highest BCUT2D eigenvalue weighted by molar-refractivity contribution is 5.85. The summed E-state index contributed by atoms with van der Waals surface area (Å²) in [5, 5.41) is 16.8. The summed E-state index contributed by atoms with van der Waals surface area (Å²) in [5.74, 6) is 5.70. The van der Waals surface area contributed by atoms with E-state index >= 15 is 0 Å². The number of guanidine groups is 3. The first-order chi connectivity index (χ1) is 14.7. The second-order valence-corrected chi connectivity index (χ2v) is 4.81. The van der Waals surface area contributed by atoms with Crippen molar-refractivity contribution in [1.29, 1.82) is 0 Å². The zero-order valence-corrected chi connectivity index (χ0v) is 17.7. The van der Waals surface area contributed by atoms with E-state index in [0.29, 0.717) is 23.8 Å². The molecule has 16 nitrogen and oxygen atoms in total. The summed E-state index contributed by atoms with van der Waals surface area (Å²) in [6.45, 7) is 0. The summed E-state index contributed by atoms with van der Waals surface area (Å²) < 4.78 is 14.7. The van der Waals surface area contributed by atoms with Crippen molar-refractivity contribution in [2.45, 2.75) is 0 Å². The monoisotopic (exact) mass is 472 g/mol. The van der Waals surface area contributed by atoms with Crippen molar-refractivity contribution in [1.82, 2.24) is 0 Å². The Labute approximate surface area is 188 Å². The summed E-state index contributed by atoms with van der Waals surface area (Å²) in [7, 11) is 1.48. The highest BCUT2D eigenvalue weighted by Gasteiger charge is 1.97. The number of aldehydes is 1. The Hall–Kier alpha value is -4.73. The first-order valence-corrected chi connectivity index (χ1v) is 7.93. The molecule has 176 valence electrons. The molecule has 0 aromatic carbocycles. The normalized spacial score (nSPS) is 9.28. The van der Waals surface area contributed by atoms with E-state index in [0.717, 1.165) is 0 Å². The number of hydrazone groups is 1. The second-order valence-electron chi connectivity index (χ2n) is 4.81. The fourth-order valence-corrected chi connectivity index (χ4v) is 1.32. The lowest BCUT2D eigenvalue weighted by atomic mass is 10.4. The van der Waals surface area contributed by atoms with Crippen molar-refractivity contribution in [3.05, 3.63) is 41.5 Å². The summed E-state index contributed by atoms with van der Waals surface area (Å²) in [5.41, 5.74) is 29.7. The lowest BCUT2D eigenvalue weighted by Crippen LogP contribution is -2.23. The fraction of sp³-hybridized carbons (Fsp3) is 0.0667. The van der Waals surface area contributed by atoms with Crippen molar-refractivity contribution in [3.8, 4) is 5.95 Å². The minimum atomic E-state index is -0.137. The van der Waals surface area contributed by atoms with Gasteiger partial charge in [0.15, 0.2) is 12.0 Å². The van der Waals surface area contributed by atoms with Gasteiger partial charge < -0.3 is 53.8 Å². The molecule has 0 aliphatic heterocycles. The summed E-state index contributed by atoms with van der Waals surface area (Å²) in [6.07, 6.45) is 3.32. The van der Waals surface area contributed by atoms with Gasteiger partial charge in [0.2, 0.25) is 17.9 Å². The topological polar surface area (TPSA) is 297 Å². The van der Waals surface area contributed by atoms with Gasteiger partial charge in [-0.1, -0.05) is 0 Å². The molecule has 0 unspecified atom stereocenters. The van der Waals surface area contributed by atoms with Crippen molar-refractivity contribution in [2.75, 3.05) is 7.11 Å². The molecule has 2 aromatic rings. The van der Waals surface area contributed by atoms with Gasteiger partial charge in [0.1, 0.15) is 11.5 Å². The van der Waals surface area contributed by atoms with Gasteiger partial charge in [-0.2, -0.15) is 10.2 Å². The molecule has 0 atom stereocenters. The maximum atomic E-state index is 9.99. The van der Waals surface area contributed by atoms with Crippen LogP contribution in [0.15, 0.2) is 58.6 Å². The van der Waals surface area contributed by atoms with Gasteiger partial charge in [-0.25, -0.2) is 0 Å². The number of rotatable bonds is 6. The zero-order valence-electron chi connectivity index (χ0n) is 16.9. The van der Waals surface area contributed by atoms with E-state index in [9.17, 15) is 4.79 Å². The van der Waals surface area contributed by atoms with Crippen LogP contribution in [0.5, 0.6) is 5.95 Å². The number of methoxy groups -OCH3 is 1. The third kappa shape index (κ3) is 15.2. The number of furan rings is 2. The maximum absolute atomic E-state index is 9.99. The molecule has 2 rings (SSSR count). The zero-order chi connectivity index (χ0) is 23.6. The van der Waals surface area contributed by atoms with E-state index in [1.165, 1.54) is 19.5 Å². The first kappa shape index (κ1) is 29.5. The van der Waals surface area contributed by atoms with Gasteiger partial charge >= 0.3 is 0 Å². The predicted molar refractivity (Wildman–Crippen MR) is 123 cm³/mol. The molecule has 17 heteroatoms. The van der Waals surface area contributed by atoms with Gasteiger partial charge in [0.05, 0.1) is 19.5 Å². The number of carbonyl (C=O) groups is 1. The molecule has 32 heavy (non-hydrogen) atoms. The first-order valence-electron chi connectivity index (χ1n) is 7.93. The molecule has 0 amide bonds. The molecule has 0 radical (unpaired) electrons. The highest BCUT2D eigenvalue weighted by atomic mass is 35.5. The SMILES string of the molecule is COc1ccc(C=O)o1.Cl.NC(N)=N/N=C/c1ccc(/C=N/N=C(N)N)o1.NN=C(N)N. The molecule has 0 spiro atoms. The largest absolute Gasteiger partial charge is 0.468 e. The summed E-state index contributed by atoms with van der Waals surface area (Å²) in [4.78, 5) is 9.99. The number of carbonyl (C=O) groups excluding carboxylic acids is 1. The standard InChI is InChI=1S/C8H12N8O.C6H6O3.CH6N4.ClH/c9-7(10)15-13-3-5-1-2-6(17-5)4-14-16-8(11)12;1-8-6-3-2-5(4-7)9-6;2-1(3)5-4;/h1-4H,(H4,9,10,15)(H4,11,12,16);2-4H,1H3;4H2,(H4,2,3,5);1H/b13-3+,14-4+;;;. The second kappa shape index (κ2) is 17.2.